The van der Waals surface area contributed by atoms with E-state index in [0.717, 1.165) is 11.0 Å². The van der Waals surface area contributed by atoms with Crippen LogP contribution in [0.15, 0.2) is 71.1 Å². The minimum atomic E-state index is -0.480. The van der Waals surface area contributed by atoms with Gasteiger partial charge in [0.05, 0.1) is 11.0 Å². The smallest absolute Gasteiger partial charge is 0.293 e. The van der Waals surface area contributed by atoms with Gasteiger partial charge in [-0.1, -0.05) is 42.5 Å². The Morgan fingerprint density at radius 3 is 2.40 bits per heavy atom. The molecule has 1 amide bonds. The second-order valence-corrected chi connectivity index (χ2v) is 5.42. The predicted molar refractivity (Wildman–Crippen MR) is 92.6 cm³/mol. The van der Waals surface area contributed by atoms with Gasteiger partial charge in [0, 0.05) is 5.56 Å². The molecule has 0 aliphatic heterocycles. The number of para-hydroxylation sites is 2. The lowest BCUT2D eigenvalue weighted by Gasteiger charge is -1.99. The van der Waals surface area contributed by atoms with Crippen LogP contribution < -0.4 is 5.32 Å². The molecule has 6 nitrogen and oxygen atoms in total. The second kappa shape index (κ2) is 6.09. The third-order valence-corrected chi connectivity index (χ3v) is 3.71. The molecule has 4 rings (SSSR count). The van der Waals surface area contributed by atoms with Crippen LogP contribution >= 0.6 is 0 Å². The first kappa shape index (κ1) is 14.9. The molecule has 4 aromatic rings. The normalized spacial score (nSPS) is 10.7. The number of ketones is 1. The minimum Gasteiger partial charge on any atom is -0.447 e. The number of carbonyl (C=O) groups excluding carboxylic acids is 2. The summed E-state index contributed by atoms with van der Waals surface area (Å²) in [5, 5.41) is 2.63. The molecule has 2 N–H and O–H groups in total. The zero-order valence-corrected chi connectivity index (χ0v) is 13.0. The summed E-state index contributed by atoms with van der Waals surface area (Å²) in [6.07, 6.45) is 0. The van der Waals surface area contributed by atoms with Gasteiger partial charge in [0.2, 0.25) is 11.7 Å². The lowest BCUT2D eigenvalue weighted by molar-refractivity contribution is 0.0979. The Morgan fingerprint density at radius 2 is 1.60 bits per heavy atom. The van der Waals surface area contributed by atoms with Crippen molar-refractivity contribution in [1.82, 2.24) is 9.97 Å². The first-order valence-corrected chi connectivity index (χ1v) is 7.66. The topological polar surface area (TPSA) is 88.0 Å². The van der Waals surface area contributed by atoms with Crippen molar-refractivity contribution in [3.63, 3.8) is 0 Å². The van der Waals surface area contributed by atoms with E-state index in [-0.39, 0.29) is 17.3 Å². The summed E-state index contributed by atoms with van der Waals surface area (Å²) in [5.41, 5.74) is 2.07. The number of fused-ring (bicyclic) bond motifs is 1. The molecule has 0 bridgehead atoms. The van der Waals surface area contributed by atoms with E-state index in [1.807, 2.05) is 30.3 Å². The molecule has 2 aromatic carbocycles. The first-order chi connectivity index (χ1) is 12.2. The van der Waals surface area contributed by atoms with Crippen LogP contribution in [-0.2, 0) is 0 Å². The number of H-pyrrole nitrogens is 1. The molecule has 0 radical (unpaired) electrons. The number of nitrogens with zero attached hydrogens (tertiary/aromatic N) is 1. The molecule has 0 saturated carbocycles. The van der Waals surface area contributed by atoms with Crippen molar-refractivity contribution in [3.05, 3.63) is 83.8 Å². The van der Waals surface area contributed by atoms with E-state index in [1.54, 1.807) is 24.3 Å². The highest BCUT2D eigenvalue weighted by Crippen LogP contribution is 2.17. The quantitative estimate of drug-likeness (QED) is 0.559. The van der Waals surface area contributed by atoms with E-state index in [2.05, 4.69) is 15.3 Å². The predicted octanol–water partition coefficient (Wildman–Crippen LogP) is 3.64. The molecule has 2 aromatic heterocycles. The minimum absolute atomic E-state index is 0.0414. The van der Waals surface area contributed by atoms with Crippen LogP contribution in [0, 0.1) is 0 Å². The maximum absolute atomic E-state index is 12.3. The molecule has 0 unspecified atom stereocenters. The van der Waals surface area contributed by atoms with Crippen LogP contribution in [0.3, 0.4) is 0 Å². The zero-order valence-electron chi connectivity index (χ0n) is 13.0. The number of nitrogens with one attached hydrogen (secondary N) is 2. The van der Waals surface area contributed by atoms with E-state index >= 15 is 0 Å². The van der Waals surface area contributed by atoms with Crippen LogP contribution in [0.2, 0.25) is 0 Å². The highest BCUT2D eigenvalue weighted by atomic mass is 16.4. The number of carbonyl (C=O) groups is 2. The molecule has 0 fully saturated rings. The van der Waals surface area contributed by atoms with Crippen LogP contribution in [0.5, 0.6) is 0 Å². The number of rotatable bonds is 4. The summed E-state index contributed by atoms with van der Waals surface area (Å²) in [6.45, 7) is 0. The Bertz CT molecular complexity index is 1030. The lowest BCUT2D eigenvalue weighted by atomic mass is 10.1. The Balaban J connectivity index is 1.53. The highest BCUT2D eigenvalue weighted by molar-refractivity contribution is 6.08. The molecule has 0 aliphatic carbocycles. The van der Waals surface area contributed by atoms with Crippen LogP contribution in [-0.4, -0.2) is 21.7 Å². The van der Waals surface area contributed by atoms with Gasteiger partial charge in [-0.15, -0.1) is 0 Å². The lowest BCUT2D eigenvalue weighted by Crippen LogP contribution is -2.12. The molecule has 0 spiro atoms. The summed E-state index contributed by atoms with van der Waals surface area (Å²) in [5.74, 6) is -0.284. The molecule has 0 aliphatic rings. The molecule has 0 atom stereocenters. The number of hydrogen-bond acceptors (Lipinski definition) is 4. The number of anilines is 1. The third-order valence-electron chi connectivity index (χ3n) is 3.71. The summed E-state index contributed by atoms with van der Waals surface area (Å²) >= 11 is 0. The summed E-state index contributed by atoms with van der Waals surface area (Å²) in [4.78, 5) is 31.9. The fourth-order valence-corrected chi connectivity index (χ4v) is 2.49. The summed E-state index contributed by atoms with van der Waals surface area (Å²) < 4.78 is 5.40. The molecule has 6 heteroatoms. The fraction of sp³-hybridized carbons (Fsp3) is 0. The second-order valence-electron chi connectivity index (χ2n) is 5.42. The van der Waals surface area contributed by atoms with Gasteiger partial charge in [0.15, 0.2) is 11.5 Å². The zero-order chi connectivity index (χ0) is 17.2. The van der Waals surface area contributed by atoms with Crippen LogP contribution in [0.4, 0.5) is 5.95 Å². The molecule has 2 heterocycles. The number of amides is 1. The maximum atomic E-state index is 12.3. The van der Waals surface area contributed by atoms with E-state index in [1.165, 1.54) is 12.1 Å². The Morgan fingerprint density at radius 1 is 0.880 bits per heavy atom. The van der Waals surface area contributed by atoms with Gasteiger partial charge in [-0.25, -0.2) is 4.98 Å². The van der Waals surface area contributed by atoms with Gasteiger partial charge < -0.3 is 9.40 Å². The van der Waals surface area contributed by atoms with E-state index in [9.17, 15) is 9.59 Å². The van der Waals surface area contributed by atoms with Gasteiger partial charge in [-0.3, -0.25) is 14.9 Å². The number of benzene rings is 2. The number of imidazole rings is 1. The van der Waals surface area contributed by atoms with Crippen molar-refractivity contribution in [2.75, 3.05) is 5.32 Å². The van der Waals surface area contributed by atoms with Crippen molar-refractivity contribution in [2.24, 2.45) is 0 Å². The maximum Gasteiger partial charge on any atom is 0.293 e. The van der Waals surface area contributed by atoms with Crippen molar-refractivity contribution in [3.8, 4) is 0 Å². The number of hydrogen-bond donors (Lipinski definition) is 2. The van der Waals surface area contributed by atoms with Gasteiger partial charge in [0.1, 0.15) is 0 Å². The molecule has 122 valence electrons. The van der Waals surface area contributed by atoms with Crippen molar-refractivity contribution >= 4 is 28.7 Å². The van der Waals surface area contributed by atoms with Gasteiger partial charge in [0.25, 0.3) is 5.91 Å². The van der Waals surface area contributed by atoms with E-state index < -0.39 is 5.91 Å². The van der Waals surface area contributed by atoms with Gasteiger partial charge >= 0.3 is 0 Å². The Kier molecular flexibility index (Phi) is 3.63. The number of aromatic amines is 1. The molecule has 25 heavy (non-hydrogen) atoms. The fourth-order valence-electron chi connectivity index (χ4n) is 2.49. The van der Waals surface area contributed by atoms with Crippen LogP contribution in [0.25, 0.3) is 11.0 Å². The van der Waals surface area contributed by atoms with Crippen molar-refractivity contribution in [1.29, 1.82) is 0 Å². The summed E-state index contributed by atoms with van der Waals surface area (Å²) in [7, 11) is 0. The third kappa shape index (κ3) is 2.92. The van der Waals surface area contributed by atoms with Gasteiger partial charge in [-0.05, 0) is 24.3 Å². The van der Waals surface area contributed by atoms with E-state index in [0.29, 0.717) is 11.5 Å². The van der Waals surface area contributed by atoms with Crippen molar-refractivity contribution < 1.29 is 14.0 Å². The molecule has 0 saturated heterocycles. The Hall–Kier alpha value is -3.67. The standard InChI is InChI=1S/C19H13N3O3/c23-17(12-6-2-1-3-7-12)15-10-11-16(25-15)18(24)22-19-20-13-8-4-5-9-14(13)21-19/h1-11H,(H2,20,21,22,24). The summed E-state index contributed by atoms with van der Waals surface area (Å²) in [6, 6.07) is 19.1. The van der Waals surface area contributed by atoms with Crippen molar-refractivity contribution in [2.45, 2.75) is 0 Å². The highest BCUT2D eigenvalue weighted by Gasteiger charge is 2.18. The number of furan rings is 1. The van der Waals surface area contributed by atoms with Crippen LogP contribution in [0.1, 0.15) is 26.7 Å². The first-order valence-electron chi connectivity index (χ1n) is 7.66. The monoisotopic (exact) mass is 331 g/mol. The Labute approximate surface area is 142 Å². The largest absolute Gasteiger partial charge is 0.447 e. The number of aromatic nitrogens is 2. The van der Waals surface area contributed by atoms with E-state index in [4.69, 9.17) is 4.42 Å². The molecular weight excluding hydrogens is 318 g/mol. The SMILES string of the molecule is O=C(Nc1nc2ccccc2[nH]1)c1ccc(C(=O)c2ccccc2)o1. The van der Waals surface area contributed by atoms with Gasteiger partial charge in [-0.2, -0.15) is 0 Å². The average molecular weight is 331 g/mol. The average Bonchev–Trinajstić information content (AvgIpc) is 3.28. The molecular formula is C19H13N3O3.